The van der Waals surface area contributed by atoms with Crippen LogP contribution in [0.3, 0.4) is 0 Å². The van der Waals surface area contributed by atoms with E-state index in [9.17, 15) is 8.42 Å². The van der Waals surface area contributed by atoms with E-state index < -0.39 is 14.6 Å². The van der Waals surface area contributed by atoms with E-state index in [1.807, 2.05) is 6.92 Å². The van der Waals surface area contributed by atoms with Crippen LogP contribution in [-0.4, -0.2) is 32.6 Å². The number of unbranched alkanes of at least 4 members (excludes halogenated alkanes) is 3. The molecule has 0 rings (SSSR count). The number of ether oxygens (including phenoxy) is 1. The molecule has 0 amide bonds. The first kappa shape index (κ1) is 17.9. The van der Waals surface area contributed by atoms with E-state index in [1.54, 1.807) is 7.11 Å². The van der Waals surface area contributed by atoms with Gasteiger partial charge in [-0.05, 0) is 19.8 Å². The molecule has 0 fully saturated rings. The summed E-state index contributed by atoms with van der Waals surface area (Å²) in [6.45, 7) is 6.43. The lowest BCUT2D eigenvalue weighted by molar-refractivity contribution is 0.216. The van der Waals surface area contributed by atoms with E-state index >= 15 is 0 Å². The fourth-order valence-electron chi connectivity index (χ4n) is 2.33. The summed E-state index contributed by atoms with van der Waals surface area (Å²) in [5, 5.41) is 0. The second kappa shape index (κ2) is 8.92. The predicted octanol–water partition coefficient (Wildman–Crippen LogP) is 3.58. The summed E-state index contributed by atoms with van der Waals surface area (Å²) < 4.78 is 29.1. The highest BCUT2D eigenvalue weighted by atomic mass is 32.2. The number of hydrogen-bond donors (Lipinski definition) is 0. The molecule has 18 heavy (non-hydrogen) atoms. The molecule has 0 radical (unpaired) electrons. The van der Waals surface area contributed by atoms with Crippen LogP contribution in [0.1, 0.15) is 65.7 Å². The monoisotopic (exact) mass is 278 g/mol. The third kappa shape index (κ3) is 5.70. The van der Waals surface area contributed by atoms with Crippen LogP contribution < -0.4 is 0 Å². The molecule has 0 aliphatic carbocycles. The van der Waals surface area contributed by atoms with Gasteiger partial charge in [0, 0.05) is 7.11 Å². The molecule has 3 nitrogen and oxygen atoms in total. The highest BCUT2D eigenvalue weighted by Gasteiger charge is 2.36. The Labute approximate surface area is 113 Å². The van der Waals surface area contributed by atoms with Gasteiger partial charge in [-0.2, -0.15) is 0 Å². The van der Waals surface area contributed by atoms with Crippen LogP contribution in [0.2, 0.25) is 0 Å². The Kier molecular flexibility index (Phi) is 8.87. The Balaban J connectivity index is 4.57. The average molecular weight is 278 g/mol. The molecular formula is C14H30O3S. The normalized spacial score (nSPS) is 15.6. The van der Waals surface area contributed by atoms with Gasteiger partial charge in [0.1, 0.15) is 0 Å². The maximum atomic E-state index is 12.4. The number of methoxy groups -OCH3 is 1. The summed E-state index contributed by atoms with van der Waals surface area (Å²) in [5.74, 6) is 0.147. The first-order chi connectivity index (χ1) is 8.43. The van der Waals surface area contributed by atoms with Crippen LogP contribution in [0.15, 0.2) is 0 Å². The van der Waals surface area contributed by atoms with E-state index in [1.165, 1.54) is 12.8 Å². The quantitative estimate of drug-likeness (QED) is 0.543. The summed E-state index contributed by atoms with van der Waals surface area (Å²) in [4.78, 5) is 0. The van der Waals surface area contributed by atoms with Crippen molar-refractivity contribution < 1.29 is 13.2 Å². The van der Waals surface area contributed by atoms with Gasteiger partial charge in [0.15, 0.2) is 9.84 Å². The van der Waals surface area contributed by atoms with Crippen molar-refractivity contribution in [3.8, 4) is 0 Å². The summed E-state index contributed by atoms with van der Waals surface area (Å²) >= 11 is 0. The van der Waals surface area contributed by atoms with E-state index in [0.717, 1.165) is 32.1 Å². The fourth-order valence-corrected chi connectivity index (χ4v) is 4.18. The SMILES string of the molecule is CCCCCCC(C)(CCC)S(=O)(=O)CCOC. The largest absolute Gasteiger partial charge is 0.384 e. The molecular weight excluding hydrogens is 248 g/mol. The van der Waals surface area contributed by atoms with Gasteiger partial charge in [0.05, 0.1) is 17.1 Å². The Morgan fingerprint density at radius 2 is 1.67 bits per heavy atom. The standard InChI is InChI=1S/C14H30O3S/c1-5-7-8-9-11-14(3,10-6-2)18(15,16)13-12-17-4/h5-13H2,1-4H3. The lowest BCUT2D eigenvalue weighted by atomic mass is 9.97. The van der Waals surface area contributed by atoms with Crippen LogP contribution in [-0.2, 0) is 14.6 Å². The second-order valence-electron chi connectivity index (χ2n) is 5.32. The molecule has 0 aromatic carbocycles. The number of hydrogen-bond acceptors (Lipinski definition) is 3. The van der Waals surface area contributed by atoms with Crippen LogP contribution in [0.25, 0.3) is 0 Å². The molecule has 0 spiro atoms. The van der Waals surface area contributed by atoms with Gasteiger partial charge in [-0.1, -0.05) is 46.0 Å². The molecule has 110 valence electrons. The summed E-state index contributed by atoms with van der Waals surface area (Å²) in [7, 11) is -1.51. The fraction of sp³-hybridized carbons (Fsp3) is 1.00. The molecule has 0 heterocycles. The van der Waals surface area contributed by atoms with Crippen molar-refractivity contribution in [2.24, 2.45) is 0 Å². The van der Waals surface area contributed by atoms with Gasteiger partial charge in [-0.25, -0.2) is 8.42 Å². The molecule has 0 aliphatic heterocycles. The molecule has 0 saturated carbocycles. The van der Waals surface area contributed by atoms with E-state index in [4.69, 9.17) is 4.74 Å². The molecule has 4 heteroatoms. The molecule has 0 aromatic heterocycles. The van der Waals surface area contributed by atoms with E-state index in [0.29, 0.717) is 6.61 Å². The maximum Gasteiger partial charge on any atom is 0.157 e. The molecule has 0 N–H and O–H groups in total. The molecule has 0 saturated heterocycles. The Morgan fingerprint density at radius 3 is 2.17 bits per heavy atom. The van der Waals surface area contributed by atoms with Gasteiger partial charge in [0.25, 0.3) is 0 Å². The Hall–Kier alpha value is -0.0900. The molecule has 0 aromatic rings. The minimum Gasteiger partial charge on any atom is -0.384 e. The zero-order valence-corrected chi connectivity index (χ0v) is 13.3. The van der Waals surface area contributed by atoms with Gasteiger partial charge in [-0.3, -0.25) is 0 Å². The van der Waals surface area contributed by atoms with Crippen molar-refractivity contribution >= 4 is 9.84 Å². The summed E-state index contributed by atoms with van der Waals surface area (Å²) in [6.07, 6.45) is 6.97. The molecule has 1 unspecified atom stereocenters. The molecule has 1 atom stereocenters. The third-order valence-electron chi connectivity index (χ3n) is 3.65. The maximum absolute atomic E-state index is 12.4. The average Bonchev–Trinajstić information content (AvgIpc) is 2.32. The van der Waals surface area contributed by atoms with Gasteiger partial charge in [0.2, 0.25) is 0 Å². The smallest absolute Gasteiger partial charge is 0.157 e. The Bertz CT molecular complexity index is 298. The van der Waals surface area contributed by atoms with E-state index in [2.05, 4.69) is 13.8 Å². The summed E-state index contributed by atoms with van der Waals surface area (Å²) in [6, 6.07) is 0. The van der Waals surface area contributed by atoms with Crippen molar-refractivity contribution in [1.82, 2.24) is 0 Å². The van der Waals surface area contributed by atoms with Gasteiger partial charge in [-0.15, -0.1) is 0 Å². The second-order valence-corrected chi connectivity index (χ2v) is 7.95. The van der Waals surface area contributed by atoms with Crippen LogP contribution >= 0.6 is 0 Å². The van der Waals surface area contributed by atoms with E-state index in [-0.39, 0.29) is 5.75 Å². The minimum atomic E-state index is -3.06. The van der Waals surface area contributed by atoms with Crippen molar-refractivity contribution in [3.63, 3.8) is 0 Å². The molecule has 0 bridgehead atoms. The van der Waals surface area contributed by atoms with Crippen molar-refractivity contribution in [2.75, 3.05) is 19.5 Å². The van der Waals surface area contributed by atoms with Crippen LogP contribution in [0, 0.1) is 0 Å². The zero-order valence-electron chi connectivity index (χ0n) is 12.5. The van der Waals surface area contributed by atoms with Crippen molar-refractivity contribution in [1.29, 1.82) is 0 Å². The zero-order chi connectivity index (χ0) is 14.1. The van der Waals surface area contributed by atoms with Crippen molar-refractivity contribution in [2.45, 2.75) is 70.5 Å². The first-order valence-corrected chi connectivity index (χ1v) is 8.80. The number of sulfone groups is 1. The predicted molar refractivity (Wildman–Crippen MR) is 77.7 cm³/mol. The minimum absolute atomic E-state index is 0.147. The highest BCUT2D eigenvalue weighted by molar-refractivity contribution is 7.92. The van der Waals surface area contributed by atoms with Crippen LogP contribution in [0.4, 0.5) is 0 Å². The highest BCUT2D eigenvalue weighted by Crippen LogP contribution is 2.30. The van der Waals surface area contributed by atoms with Crippen LogP contribution in [0.5, 0.6) is 0 Å². The van der Waals surface area contributed by atoms with Gasteiger partial charge < -0.3 is 4.74 Å². The van der Waals surface area contributed by atoms with Crippen molar-refractivity contribution in [3.05, 3.63) is 0 Å². The number of rotatable bonds is 11. The molecule has 0 aliphatic rings. The Morgan fingerprint density at radius 1 is 1.00 bits per heavy atom. The topological polar surface area (TPSA) is 43.4 Å². The third-order valence-corrected chi connectivity index (χ3v) is 6.26. The van der Waals surface area contributed by atoms with Gasteiger partial charge >= 0.3 is 0 Å². The lowest BCUT2D eigenvalue weighted by Crippen LogP contribution is -2.38. The first-order valence-electron chi connectivity index (χ1n) is 7.14. The summed E-state index contributed by atoms with van der Waals surface area (Å²) in [5.41, 5.74) is 0. The lowest BCUT2D eigenvalue weighted by Gasteiger charge is -2.29.